The third-order valence-electron chi connectivity index (χ3n) is 3.28. The molecule has 0 spiro atoms. The first kappa shape index (κ1) is 15.5. The first-order valence-corrected chi connectivity index (χ1v) is 7.18. The van der Waals surface area contributed by atoms with Gasteiger partial charge in [-0.15, -0.1) is 5.10 Å². The Bertz CT molecular complexity index is 898. The van der Waals surface area contributed by atoms with Crippen LogP contribution in [0.3, 0.4) is 0 Å². The van der Waals surface area contributed by atoms with E-state index in [1.54, 1.807) is 0 Å². The Morgan fingerprint density at radius 3 is 2.92 bits per heavy atom. The molecule has 0 aliphatic carbocycles. The number of carbonyl (C=O) groups is 2. The molecule has 2 aromatic heterocycles. The zero-order chi connectivity index (χ0) is 17.1. The van der Waals surface area contributed by atoms with Crippen molar-refractivity contribution in [2.24, 2.45) is 0 Å². The topological polar surface area (TPSA) is 114 Å². The van der Waals surface area contributed by atoms with E-state index < -0.39 is 6.09 Å². The number of aromatic amines is 1. The van der Waals surface area contributed by atoms with Gasteiger partial charge in [-0.05, 0) is 31.2 Å². The maximum Gasteiger partial charge on any atom is 0.412 e. The number of carbonyl (C=O) groups excluding carboxylic acids is 2. The Morgan fingerprint density at radius 1 is 1.29 bits per heavy atom. The van der Waals surface area contributed by atoms with Gasteiger partial charge < -0.3 is 15.0 Å². The molecule has 1 aromatic carbocycles. The molecule has 2 heterocycles. The Labute approximate surface area is 137 Å². The highest BCUT2D eigenvalue weighted by atomic mass is 16.5. The Balaban J connectivity index is 1.63. The van der Waals surface area contributed by atoms with Crippen LogP contribution in [-0.2, 0) is 16.1 Å². The second-order valence-electron chi connectivity index (χ2n) is 5.18. The van der Waals surface area contributed by atoms with E-state index >= 15 is 0 Å². The van der Waals surface area contributed by atoms with Gasteiger partial charge in [0.2, 0.25) is 5.91 Å². The van der Waals surface area contributed by atoms with E-state index in [0.717, 1.165) is 16.6 Å². The van der Waals surface area contributed by atoms with Crippen molar-refractivity contribution in [3.63, 3.8) is 0 Å². The van der Waals surface area contributed by atoms with Crippen LogP contribution >= 0.6 is 0 Å². The quantitative estimate of drug-likeness (QED) is 0.676. The second-order valence-corrected chi connectivity index (χ2v) is 5.18. The van der Waals surface area contributed by atoms with E-state index in [-0.39, 0.29) is 18.3 Å². The molecular weight excluding hydrogens is 312 g/mol. The van der Waals surface area contributed by atoms with E-state index in [0.29, 0.717) is 5.69 Å². The molecule has 0 aliphatic heterocycles. The summed E-state index contributed by atoms with van der Waals surface area (Å²) < 4.78 is 4.45. The van der Waals surface area contributed by atoms with Gasteiger partial charge >= 0.3 is 6.09 Å². The summed E-state index contributed by atoms with van der Waals surface area (Å²) in [7, 11) is 1.25. The molecule has 0 aliphatic rings. The van der Waals surface area contributed by atoms with Crippen molar-refractivity contribution < 1.29 is 14.3 Å². The molecule has 0 radical (unpaired) electrons. The number of aryl methyl sites for hydroxylation is 1. The number of amides is 2. The van der Waals surface area contributed by atoms with Crippen molar-refractivity contribution in [1.82, 2.24) is 20.0 Å². The molecule has 9 heteroatoms. The fourth-order valence-corrected chi connectivity index (χ4v) is 2.27. The van der Waals surface area contributed by atoms with Crippen LogP contribution in [0.25, 0.3) is 10.9 Å². The van der Waals surface area contributed by atoms with E-state index in [1.165, 1.54) is 18.1 Å². The number of nitrogens with one attached hydrogen (secondary N) is 3. The van der Waals surface area contributed by atoms with Crippen molar-refractivity contribution in [2.45, 2.75) is 13.5 Å². The van der Waals surface area contributed by atoms with Crippen molar-refractivity contribution in [3.05, 3.63) is 36.2 Å². The molecule has 3 N–H and O–H groups in total. The van der Waals surface area contributed by atoms with Gasteiger partial charge in [0.25, 0.3) is 0 Å². The lowest BCUT2D eigenvalue weighted by atomic mass is 10.2. The van der Waals surface area contributed by atoms with Crippen molar-refractivity contribution in [3.8, 4) is 0 Å². The van der Waals surface area contributed by atoms with Crippen LogP contribution in [0, 0.1) is 6.92 Å². The lowest BCUT2D eigenvalue weighted by Gasteiger charge is -2.05. The highest BCUT2D eigenvalue weighted by molar-refractivity contribution is 5.93. The predicted molar refractivity (Wildman–Crippen MR) is 87.7 cm³/mol. The summed E-state index contributed by atoms with van der Waals surface area (Å²) in [5, 5.41) is 14.0. The highest BCUT2D eigenvalue weighted by Crippen LogP contribution is 2.19. The summed E-state index contributed by atoms with van der Waals surface area (Å²) >= 11 is 0. The Kier molecular flexibility index (Phi) is 4.15. The molecule has 0 fully saturated rings. The van der Waals surface area contributed by atoms with Crippen molar-refractivity contribution in [2.75, 3.05) is 17.7 Å². The first-order chi connectivity index (χ1) is 11.5. The van der Waals surface area contributed by atoms with Gasteiger partial charge in [0.1, 0.15) is 6.54 Å². The standard InChI is InChI=1S/C15H16N6O3/c1-9-5-10-6-11(3-4-12(10)17-9)18-14(22)8-21-16-7-13(20-21)19-15(23)24-2/h3-7,17H,8H2,1-2H3,(H,18,22)(H,19,20,23). The molecule has 0 saturated carbocycles. The minimum atomic E-state index is -0.651. The van der Waals surface area contributed by atoms with Gasteiger partial charge in [0, 0.05) is 22.3 Å². The van der Waals surface area contributed by atoms with Crippen LogP contribution in [-0.4, -0.2) is 39.1 Å². The summed E-state index contributed by atoms with van der Waals surface area (Å²) in [4.78, 5) is 27.5. The van der Waals surface area contributed by atoms with Crippen LogP contribution in [0.1, 0.15) is 5.69 Å². The summed E-state index contributed by atoms with van der Waals surface area (Å²) in [6.45, 7) is 1.90. The SMILES string of the molecule is COC(=O)Nc1cnn(CC(=O)Nc2ccc3[nH]c(C)cc3c2)n1. The number of hydrogen-bond donors (Lipinski definition) is 3. The number of aromatic nitrogens is 4. The lowest BCUT2D eigenvalue weighted by molar-refractivity contribution is -0.117. The number of benzene rings is 1. The van der Waals surface area contributed by atoms with Gasteiger partial charge in [0.05, 0.1) is 13.3 Å². The van der Waals surface area contributed by atoms with Gasteiger partial charge in [-0.25, -0.2) is 4.79 Å². The zero-order valence-corrected chi connectivity index (χ0v) is 13.2. The molecule has 0 bridgehead atoms. The molecule has 2 amide bonds. The van der Waals surface area contributed by atoms with Gasteiger partial charge in [-0.1, -0.05) is 0 Å². The molecule has 24 heavy (non-hydrogen) atoms. The average Bonchev–Trinajstić information content (AvgIpc) is 3.11. The average molecular weight is 328 g/mol. The molecule has 0 atom stereocenters. The van der Waals surface area contributed by atoms with Gasteiger partial charge in [-0.2, -0.15) is 9.90 Å². The number of H-pyrrole nitrogens is 1. The number of methoxy groups -OCH3 is 1. The largest absolute Gasteiger partial charge is 0.453 e. The second kappa shape index (κ2) is 6.41. The van der Waals surface area contributed by atoms with E-state index in [2.05, 4.69) is 30.6 Å². The number of anilines is 2. The maximum absolute atomic E-state index is 12.1. The summed E-state index contributed by atoms with van der Waals surface area (Å²) in [6.07, 6.45) is 0.681. The molecule has 0 unspecified atom stereocenters. The van der Waals surface area contributed by atoms with Crippen LogP contribution < -0.4 is 10.6 Å². The molecule has 0 saturated heterocycles. The smallest absolute Gasteiger partial charge is 0.412 e. The summed E-state index contributed by atoms with van der Waals surface area (Å²) in [6, 6.07) is 7.61. The van der Waals surface area contributed by atoms with E-state index in [9.17, 15) is 9.59 Å². The van der Waals surface area contributed by atoms with Crippen LogP contribution in [0.15, 0.2) is 30.5 Å². The normalized spacial score (nSPS) is 10.6. The van der Waals surface area contributed by atoms with Crippen molar-refractivity contribution in [1.29, 1.82) is 0 Å². The van der Waals surface area contributed by atoms with Crippen LogP contribution in [0.2, 0.25) is 0 Å². The Morgan fingerprint density at radius 2 is 2.12 bits per heavy atom. The van der Waals surface area contributed by atoms with Gasteiger partial charge in [0.15, 0.2) is 5.82 Å². The molecule has 9 nitrogen and oxygen atoms in total. The predicted octanol–water partition coefficient (Wildman–Crippen LogP) is 1.88. The first-order valence-electron chi connectivity index (χ1n) is 7.18. The third kappa shape index (κ3) is 3.51. The van der Waals surface area contributed by atoms with Crippen LogP contribution in [0.5, 0.6) is 0 Å². The zero-order valence-electron chi connectivity index (χ0n) is 13.2. The third-order valence-corrected chi connectivity index (χ3v) is 3.28. The van der Waals surface area contributed by atoms with E-state index in [1.807, 2.05) is 31.2 Å². The monoisotopic (exact) mass is 328 g/mol. The minimum Gasteiger partial charge on any atom is -0.453 e. The minimum absolute atomic E-state index is 0.0763. The number of ether oxygens (including phenoxy) is 1. The number of nitrogens with zero attached hydrogens (tertiary/aromatic N) is 3. The fourth-order valence-electron chi connectivity index (χ4n) is 2.27. The van der Waals surface area contributed by atoms with Gasteiger partial charge in [-0.3, -0.25) is 10.1 Å². The molecule has 3 rings (SSSR count). The molecule has 3 aromatic rings. The van der Waals surface area contributed by atoms with Crippen molar-refractivity contribution >= 4 is 34.4 Å². The lowest BCUT2D eigenvalue weighted by Crippen LogP contribution is -2.20. The number of rotatable bonds is 4. The maximum atomic E-state index is 12.1. The Hall–Kier alpha value is -3.36. The highest BCUT2D eigenvalue weighted by Gasteiger charge is 2.09. The summed E-state index contributed by atoms with van der Waals surface area (Å²) in [5.41, 5.74) is 2.75. The van der Waals surface area contributed by atoms with E-state index in [4.69, 9.17) is 0 Å². The fraction of sp³-hybridized carbons (Fsp3) is 0.200. The molecule has 124 valence electrons. The summed E-state index contributed by atoms with van der Waals surface area (Å²) in [5.74, 6) is -0.0688. The van der Waals surface area contributed by atoms with Crippen LogP contribution in [0.4, 0.5) is 16.3 Å². The number of fused-ring (bicyclic) bond motifs is 1. The molecular formula is C15H16N6O3. The number of hydrogen-bond acceptors (Lipinski definition) is 5.